The summed E-state index contributed by atoms with van der Waals surface area (Å²) in [4.78, 5) is 28.0. The number of hydrogen-bond donors (Lipinski definition) is 4. The second kappa shape index (κ2) is 15.6. The number of aliphatic hydroxyl groups excluding tert-OH is 1. The van der Waals surface area contributed by atoms with Crippen LogP contribution < -0.4 is 20.9 Å². The molecule has 39 heavy (non-hydrogen) atoms. The Hall–Kier alpha value is -2.90. The normalized spacial score (nSPS) is 16.2. The van der Waals surface area contributed by atoms with Crippen molar-refractivity contribution in [2.75, 3.05) is 29.9 Å². The molecule has 1 heterocycles. The lowest BCUT2D eigenvalue weighted by molar-refractivity contribution is -0.119. The van der Waals surface area contributed by atoms with Crippen LogP contribution in [0.1, 0.15) is 82.1 Å². The number of amides is 2. The van der Waals surface area contributed by atoms with Crippen LogP contribution >= 0.6 is 0 Å². The second-order valence-electron chi connectivity index (χ2n) is 11.3. The first kappa shape index (κ1) is 30.6. The number of nitrogens with one attached hydrogen (secondary N) is 3. The maximum absolute atomic E-state index is 13.6. The molecule has 3 rings (SSSR count). The van der Waals surface area contributed by atoms with Crippen LogP contribution in [0.5, 0.6) is 0 Å². The average molecular weight is 537 g/mol. The SMILES string of the molecule is CCNc1cc(C(=O)N[C@@H](Cc2ccccc2)[C@H](O)CNC(C)CCCC(C)C)cc(N2CCCCC2=O)c1. The van der Waals surface area contributed by atoms with Crippen LogP contribution in [0.15, 0.2) is 48.5 Å². The predicted octanol–water partition coefficient (Wildman–Crippen LogP) is 5.14. The lowest BCUT2D eigenvalue weighted by atomic mass is 9.99. The summed E-state index contributed by atoms with van der Waals surface area (Å²) in [7, 11) is 0. The van der Waals surface area contributed by atoms with Crippen molar-refractivity contribution in [3.05, 3.63) is 59.7 Å². The molecule has 2 aromatic rings. The summed E-state index contributed by atoms with van der Waals surface area (Å²) in [6.45, 7) is 10.4. The molecule has 2 aromatic carbocycles. The second-order valence-corrected chi connectivity index (χ2v) is 11.3. The van der Waals surface area contributed by atoms with Crippen molar-refractivity contribution in [3.63, 3.8) is 0 Å². The van der Waals surface area contributed by atoms with Gasteiger partial charge in [-0.25, -0.2) is 0 Å². The van der Waals surface area contributed by atoms with E-state index in [4.69, 9.17) is 0 Å². The van der Waals surface area contributed by atoms with Crippen molar-refractivity contribution < 1.29 is 14.7 Å². The fraction of sp³-hybridized carbons (Fsp3) is 0.562. The number of anilines is 2. The van der Waals surface area contributed by atoms with E-state index in [0.29, 0.717) is 44.0 Å². The first-order chi connectivity index (χ1) is 18.8. The van der Waals surface area contributed by atoms with Gasteiger partial charge in [0.1, 0.15) is 0 Å². The minimum atomic E-state index is -0.762. The van der Waals surface area contributed by atoms with Gasteiger partial charge in [-0.15, -0.1) is 0 Å². The third-order valence-electron chi connectivity index (χ3n) is 7.37. The minimum Gasteiger partial charge on any atom is -0.390 e. The number of rotatable bonds is 15. The van der Waals surface area contributed by atoms with E-state index >= 15 is 0 Å². The zero-order valence-corrected chi connectivity index (χ0v) is 24.2. The number of piperidine rings is 1. The monoisotopic (exact) mass is 536 g/mol. The highest BCUT2D eigenvalue weighted by Crippen LogP contribution is 2.26. The zero-order chi connectivity index (χ0) is 28.2. The molecule has 1 aliphatic rings. The molecule has 0 aliphatic carbocycles. The van der Waals surface area contributed by atoms with Crippen LogP contribution in [0.3, 0.4) is 0 Å². The van der Waals surface area contributed by atoms with Gasteiger partial charge < -0.3 is 26.0 Å². The van der Waals surface area contributed by atoms with Crippen LogP contribution in [0.25, 0.3) is 0 Å². The van der Waals surface area contributed by atoms with Crippen molar-refractivity contribution >= 4 is 23.2 Å². The van der Waals surface area contributed by atoms with E-state index in [2.05, 4.69) is 36.7 Å². The third kappa shape index (κ3) is 9.97. The highest BCUT2D eigenvalue weighted by atomic mass is 16.3. The van der Waals surface area contributed by atoms with Gasteiger partial charge in [-0.3, -0.25) is 9.59 Å². The van der Waals surface area contributed by atoms with Gasteiger partial charge in [0.05, 0.1) is 12.1 Å². The Morgan fingerprint density at radius 2 is 1.82 bits per heavy atom. The molecular formula is C32H48N4O3. The Labute approximate surface area is 234 Å². The molecule has 0 saturated carbocycles. The van der Waals surface area contributed by atoms with E-state index in [1.165, 1.54) is 6.42 Å². The van der Waals surface area contributed by atoms with Crippen molar-refractivity contribution in [2.45, 2.75) is 90.8 Å². The summed E-state index contributed by atoms with van der Waals surface area (Å²) in [5, 5.41) is 21.1. The van der Waals surface area contributed by atoms with Crippen LogP contribution in [-0.4, -0.2) is 54.7 Å². The van der Waals surface area contributed by atoms with Gasteiger partial charge in [0.2, 0.25) is 5.91 Å². The fourth-order valence-electron chi connectivity index (χ4n) is 5.08. The van der Waals surface area contributed by atoms with Gasteiger partial charge in [-0.05, 0) is 69.2 Å². The van der Waals surface area contributed by atoms with Gasteiger partial charge in [-0.1, -0.05) is 57.0 Å². The topological polar surface area (TPSA) is 93.7 Å². The molecule has 214 valence electrons. The average Bonchev–Trinajstić information content (AvgIpc) is 2.92. The molecule has 1 saturated heterocycles. The highest BCUT2D eigenvalue weighted by molar-refractivity contribution is 5.99. The Morgan fingerprint density at radius 3 is 2.51 bits per heavy atom. The molecule has 1 unspecified atom stereocenters. The highest BCUT2D eigenvalue weighted by Gasteiger charge is 2.25. The summed E-state index contributed by atoms with van der Waals surface area (Å²) in [5.74, 6) is 0.519. The number of benzene rings is 2. The van der Waals surface area contributed by atoms with E-state index in [1.807, 2.05) is 49.4 Å². The maximum Gasteiger partial charge on any atom is 0.251 e. The Bertz CT molecular complexity index is 1040. The molecule has 4 N–H and O–H groups in total. The lowest BCUT2D eigenvalue weighted by Crippen LogP contribution is -2.49. The molecule has 0 spiro atoms. The summed E-state index contributed by atoms with van der Waals surface area (Å²) in [6.07, 6.45) is 5.53. The molecular weight excluding hydrogens is 488 g/mol. The van der Waals surface area contributed by atoms with E-state index in [1.54, 1.807) is 11.0 Å². The molecule has 1 fully saturated rings. The van der Waals surface area contributed by atoms with Crippen molar-refractivity contribution in [1.82, 2.24) is 10.6 Å². The van der Waals surface area contributed by atoms with Crippen LogP contribution in [-0.2, 0) is 11.2 Å². The first-order valence-electron chi connectivity index (χ1n) is 14.7. The summed E-state index contributed by atoms with van der Waals surface area (Å²) < 4.78 is 0. The van der Waals surface area contributed by atoms with Crippen LogP contribution in [0, 0.1) is 5.92 Å². The Balaban J connectivity index is 1.75. The van der Waals surface area contributed by atoms with Gasteiger partial charge in [0.15, 0.2) is 0 Å². The standard InChI is InChI=1S/C32H48N4O3/c1-5-33-27-19-26(20-28(21-27)36-17-10-9-16-31(36)38)32(39)35-29(18-25-14-7-6-8-15-25)30(37)22-34-24(4)13-11-12-23(2)3/h6-8,14-15,19-21,23-24,29-30,33-34,37H,5,9-13,16-18,22H2,1-4H3,(H,35,39)/t24?,29-,30+/m0/s1. The minimum absolute atomic E-state index is 0.0900. The Morgan fingerprint density at radius 1 is 1.05 bits per heavy atom. The van der Waals surface area contributed by atoms with Crippen LogP contribution in [0.2, 0.25) is 0 Å². The van der Waals surface area contributed by atoms with Crippen molar-refractivity contribution in [3.8, 4) is 0 Å². The maximum atomic E-state index is 13.6. The lowest BCUT2D eigenvalue weighted by Gasteiger charge is -2.28. The molecule has 0 radical (unpaired) electrons. The molecule has 3 atom stereocenters. The van der Waals surface area contributed by atoms with Crippen LogP contribution in [0.4, 0.5) is 11.4 Å². The number of carbonyl (C=O) groups is 2. The summed E-state index contributed by atoms with van der Waals surface area (Å²) in [6, 6.07) is 15.3. The summed E-state index contributed by atoms with van der Waals surface area (Å²) in [5.41, 5.74) is 3.06. The first-order valence-corrected chi connectivity index (χ1v) is 14.7. The number of carbonyl (C=O) groups excluding carboxylic acids is 2. The molecule has 7 heteroatoms. The smallest absolute Gasteiger partial charge is 0.251 e. The zero-order valence-electron chi connectivity index (χ0n) is 24.2. The number of nitrogens with zero attached hydrogens (tertiary/aromatic N) is 1. The van der Waals surface area contributed by atoms with E-state index in [9.17, 15) is 14.7 Å². The Kier molecular flexibility index (Phi) is 12.3. The summed E-state index contributed by atoms with van der Waals surface area (Å²) >= 11 is 0. The van der Waals surface area contributed by atoms with Crippen molar-refractivity contribution in [2.24, 2.45) is 5.92 Å². The van der Waals surface area contributed by atoms with Gasteiger partial charge in [-0.2, -0.15) is 0 Å². The molecule has 0 aromatic heterocycles. The predicted molar refractivity (Wildman–Crippen MR) is 160 cm³/mol. The van der Waals surface area contributed by atoms with E-state index in [-0.39, 0.29) is 17.9 Å². The van der Waals surface area contributed by atoms with E-state index < -0.39 is 12.1 Å². The fourth-order valence-corrected chi connectivity index (χ4v) is 5.08. The number of hydrogen-bond acceptors (Lipinski definition) is 5. The van der Waals surface area contributed by atoms with E-state index in [0.717, 1.165) is 42.6 Å². The molecule has 0 bridgehead atoms. The van der Waals surface area contributed by atoms with Gasteiger partial charge in [0, 0.05) is 49.0 Å². The van der Waals surface area contributed by atoms with Gasteiger partial charge in [0.25, 0.3) is 5.91 Å². The molecule has 1 aliphatic heterocycles. The van der Waals surface area contributed by atoms with Gasteiger partial charge >= 0.3 is 0 Å². The molecule has 7 nitrogen and oxygen atoms in total. The quantitative estimate of drug-likeness (QED) is 0.253. The molecule has 2 amide bonds. The largest absolute Gasteiger partial charge is 0.390 e. The number of aliphatic hydroxyl groups is 1. The third-order valence-corrected chi connectivity index (χ3v) is 7.37. The van der Waals surface area contributed by atoms with Crippen molar-refractivity contribution in [1.29, 1.82) is 0 Å².